The van der Waals surface area contributed by atoms with Crippen molar-refractivity contribution < 1.29 is 23.9 Å². The number of ether oxygens (including phenoxy) is 1. The minimum Gasteiger partial charge on any atom is -0.469 e. The summed E-state index contributed by atoms with van der Waals surface area (Å²) in [5, 5.41) is 5.31. The number of carbonyl (C=O) groups is 4. The molecule has 0 aliphatic rings. The van der Waals surface area contributed by atoms with E-state index >= 15 is 0 Å². The molecule has 1 aromatic rings. The summed E-state index contributed by atoms with van der Waals surface area (Å²) in [5.41, 5.74) is 0.848. The summed E-state index contributed by atoms with van der Waals surface area (Å²) < 4.78 is 4.55. The highest BCUT2D eigenvalue weighted by Gasteiger charge is 2.28. The maximum atomic E-state index is 12.7. The van der Waals surface area contributed by atoms with E-state index in [9.17, 15) is 19.2 Å². The Bertz CT molecular complexity index is 658. The molecule has 148 valence electrons. The second kappa shape index (κ2) is 11.1. The summed E-state index contributed by atoms with van der Waals surface area (Å²) in [6.07, 6.45) is 0.259. The molecule has 7 nitrogen and oxygen atoms in total. The first-order valence-electron chi connectivity index (χ1n) is 8.93. The fourth-order valence-electron chi connectivity index (χ4n) is 2.65. The highest BCUT2D eigenvalue weighted by Crippen LogP contribution is 2.09. The number of Topliss-reactive ketones (excluding diaryl/α,β-unsaturated/α-hetero) is 1. The monoisotopic (exact) mass is 376 g/mol. The summed E-state index contributed by atoms with van der Waals surface area (Å²) in [4.78, 5) is 48.1. The number of esters is 1. The molecular weight excluding hydrogens is 348 g/mol. The Morgan fingerprint density at radius 3 is 2.15 bits per heavy atom. The van der Waals surface area contributed by atoms with Crippen molar-refractivity contribution in [2.45, 2.75) is 52.1 Å². The molecule has 27 heavy (non-hydrogen) atoms. The van der Waals surface area contributed by atoms with Crippen LogP contribution in [0.5, 0.6) is 0 Å². The molecule has 0 saturated carbocycles. The van der Waals surface area contributed by atoms with Crippen LogP contribution in [0.25, 0.3) is 0 Å². The number of methoxy groups -OCH3 is 1. The molecule has 0 heterocycles. The van der Waals surface area contributed by atoms with Crippen LogP contribution in [0.15, 0.2) is 30.3 Å². The first-order valence-corrected chi connectivity index (χ1v) is 8.93. The van der Waals surface area contributed by atoms with Gasteiger partial charge in [0.1, 0.15) is 12.5 Å². The molecule has 2 amide bonds. The van der Waals surface area contributed by atoms with E-state index in [1.165, 1.54) is 14.0 Å². The molecule has 0 aliphatic carbocycles. The molecule has 0 saturated heterocycles. The standard InChI is InChI=1S/C20H28N2O5/c1-13(2)10-17(21-14(3)23)20(26)22-16(18(24)12-19(25)27-4)11-15-8-6-5-7-9-15/h5-9,13,16-17H,10-12H2,1-4H3,(H,21,23)(H,22,26)/t16-,17+/m1/s1. The molecule has 0 aliphatic heterocycles. The number of hydrogen-bond donors (Lipinski definition) is 2. The van der Waals surface area contributed by atoms with Crippen LogP contribution in [0, 0.1) is 5.92 Å². The average Bonchev–Trinajstić information content (AvgIpc) is 2.60. The SMILES string of the molecule is COC(=O)CC(=O)[C@@H](Cc1ccccc1)NC(=O)[C@H](CC(C)C)NC(C)=O. The number of ketones is 1. The van der Waals surface area contributed by atoms with Crippen molar-refractivity contribution in [1.82, 2.24) is 10.6 Å². The van der Waals surface area contributed by atoms with Crippen molar-refractivity contribution >= 4 is 23.6 Å². The van der Waals surface area contributed by atoms with Gasteiger partial charge in [-0.05, 0) is 24.3 Å². The number of carbonyl (C=O) groups excluding carboxylic acids is 4. The first kappa shape index (κ1) is 22.3. The smallest absolute Gasteiger partial charge is 0.313 e. The van der Waals surface area contributed by atoms with E-state index in [1.807, 2.05) is 44.2 Å². The Morgan fingerprint density at radius 2 is 1.63 bits per heavy atom. The van der Waals surface area contributed by atoms with Gasteiger partial charge in [-0.1, -0.05) is 44.2 Å². The van der Waals surface area contributed by atoms with E-state index in [2.05, 4.69) is 15.4 Å². The van der Waals surface area contributed by atoms with Crippen LogP contribution < -0.4 is 10.6 Å². The van der Waals surface area contributed by atoms with Crippen LogP contribution in [0.3, 0.4) is 0 Å². The number of nitrogens with one attached hydrogen (secondary N) is 2. The molecule has 2 N–H and O–H groups in total. The molecule has 0 bridgehead atoms. The highest BCUT2D eigenvalue weighted by molar-refractivity contribution is 6.00. The van der Waals surface area contributed by atoms with Gasteiger partial charge in [0.2, 0.25) is 11.8 Å². The topological polar surface area (TPSA) is 102 Å². The lowest BCUT2D eigenvalue weighted by atomic mass is 9.98. The summed E-state index contributed by atoms with van der Waals surface area (Å²) in [5.74, 6) is -1.70. The molecular formula is C20H28N2O5. The summed E-state index contributed by atoms with van der Waals surface area (Å²) in [6.45, 7) is 5.21. The minimum atomic E-state index is -0.887. The second-order valence-corrected chi connectivity index (χ2v) is 6.85. The van der Waals surface area contributed by atoms with Crippen LogP contribution >= 0.6 is 0 Å². The summed E-state index contributed by atoms with van der Waals surface area (Å²) in [7, 11) is 1.20. The van der Waals surface area contributed by atoms with Gasteiger partial charge in [0, 0.05) is 6.92 Å². The largest absolute Gasteiger partial charge is 0.469 e. The molecule has 2 atom stereocenters. The molecule has 1 aromatic carbocycles. The third-order valence-electron chi connectivity index (χ3n) is 3.94. The second-order valence-electron chi connectivity index (χ2n) is 6.85. The maximum absolute atomic E-state index is 12.7. The Morgan fingerprint density at radius 1 is 1.00 bits per heavy atom. The van der Waals surface area contributed by atoms with E-state index in [4.69, 9.17) is 0 Å². The fourth-order valence-corrected chi connectivity index (χ4v) is 2.65. The van der Waals surface area contributed by atoms with Gasteiger partial charge in [-0.15, -0.1) is 0 Å². The Hall–Kier alpha value is -2.70. The zero-order chi connectivity index (χ0) is 20.4. The number of rotatable bonds is 10. The molecule has 0 fully saturated rings. The summed E-state index contributed by atoms with van der Waals surface area (Å²) >= 11 is 0. The maximum Gasteiger partial charge on any atom is 0.313 e. The Kier molecular flexibility index (Phi) is 9.19. The van der Waals surface area contributed by atoms with Gasteiger partial charge in [0.15, 0.2) is 5.78 Å². The van der Waals surface area contributed by atoms with Gasteiger partial charge in [-0.3, -0.25) is 19.2 Å². The minimum absolute atomic E-state index is 0.172. The van der Waals surface area contributed by atoms with E-state index in [0.29, 0.717) is 6.42 Å². The average molecular weight is 376 g/mol. The highest BCUT2D eigenvalue weighted by atomic mass is 16.5. The number of benzene rings is 1. The van der Waals surface area contributed by atoms with E-state index in [-0.39, 0.29) is 18.2 Å². The first-order chi connectivity index (χ1) is 12.7. The third-order valence-corrected chi connectivity index (χ3v) is 3.94. The Balaban J connectivity index is 2.95. The molecule has 0 unspecified atom stereocenters. The van der Waals surface area contributed by atoms with E-state index in [0.717, 1.165) is 5.56 Å². The Labute approximate surface area is 159 Å². The zero-order valence-corrected chi connectivity index (χ0v) is 16.3. The van der Waals surface area contributed by atoms with Gasteiger partial charge < -0.3 is 15.4 Å². The van der Waals surface area contributed by atoms with Crippen molar-refractivity contribution in [2.24, 2.45) is 5.92 Å². The van der Waals surface area contributed by atoms with Crippen LogP contribution in [-0.4, -0.2) is 42.8 Å². The molecule has 0 radical (unpaired) electrons. The van der Waals surface area contributed by atoms with Crippen molar-refractivity contribution in [3.8, 4) is 0 Å². The lowest BCUT2D eigenvalue weighted by Gasteiger charge is -2.23. The van der Waals surface area contributed by atoms with E-state index < -0.39 is 36.2 Å². The van der Waals surface area contributed by atoms with Gasteiger partial charge in [0.05, 0.1) is 13.2 Å². The molecule has 1 rings (SSSR count). The molecule has 7 heteroatoms. The fraction of sp³-hybridized carbons (Fsp3) is 0.500. The van der Waals surface area contributed by atoms with Gasteiger partial charge in [0.25, 0.3) is 0 Å². The van der Waals surface area contributed by atoms with Gasteiger partial charge in [-0.2, -0.15) is 0 Å². The van der Waals surface area contributed by atoms with Crippen LogP contribution in [-0.2, 0) is 30.3 Å². The third kappa shape index (κ3) is 8.48. The lowest BCUT2D eigenvalue weighted by molar-refractivity contribution is -0.144. The predicted molar refractivity (Wildman–Crippen MR) is 101 cm³/mol. The van der Waals surface area contributed by atoms with Gasteiger partial charge >= 0.3 is 5.97 Å². The lowest BCUT2D eigenvalue weighted by Crippen LogP contribution is -2.52. The van der Waals surface area contributed by atoms with Crippen molar-refractivity contribution in [1.29, 1.82) is 0 Å². The van der Waals surface area contributed by atoms with Crippen molar-refractivity contribution in [3.05, 3.63) is 35.9 Å². The summed E-state index contributed by atoms with van der Waals surface area (Å²) in [6, 6.07) is 7.56. The normalized spacial score (nSPS) is 12.8. The quantitative estimate of drug-likeness (QED) is 0.475. The molecule has 0 spiro atoms. The van der Waals surface area contributed by atoms with Crippen LogP contribution in [0.1, 0.15) is 39.2 Å². The van der Waals surface area contributed by atoms with Crippen LogP contribution in [0.4, 0.5) is 0 Å². The van der Waals surface area contributed by atoms with Gasteiger partial charge in [-0.25, -0.2) is 0 Å². The van der Waals surface area contributed by atoms with E-state index in [1.54, 1.807) is 0 Å². The van der Waals surface area contributed by atoms with Crippen LogP contribution in [0.2, 0.25) is 0 Å². The van der Waals surface area contributed by atoms with Crippen molar-refractivity contribution in [2.75, 3.05) is 7.11 Å². The number of hydrogen-bond acceptors (Lipinski definition) is 5. The number of amides is 2. The zero-order valence-electron chi connectivity index (χ0n) is 16.3. The predicted octanol–water partition coefficient (Wildman–Crippen LogP) is 1.40. The molecule has 0 aromatic heterocycles. The van der Waals surface area contributed by atoms with Crippen molar-refractivity contribution in [3.63, 3.8) is 0 Å².